The Labute approximate surface area is 195 Å². The molecule has 0 bridgehead atoms. The molecule has 1 atom stereocenters. The van der Waals surface area contributed by atoms with Gasteiger partial charge in [0.2, 0.25) is 0 Å². The van der Waals surface area contributed by atoms with Crippen molar-refractivity contribution in [2.24, 2.45) is 16.8 Å². The Morgan fingerprint density at radius 2 is 1.81 bits per heavy atom. The highest BCUT2D eigenvalue weighted by Crippen LogP contribution is 2.21. The van der Waals surface area contributed by atoms with Gasteiger partial charge in [-0.3, -0.25) is 4.99 Å². The van der Waals surface area contributed by atoms with Gasteiger partial charge in [-0.25, -0.2) is 0 Å². The van der Waals surface area contributed by atoms with Crippen LogP contribution >= 0.6 is 0 Å². The third kappa shape index (κ3) is 9.88. The molecule has 0 saturated carbocycles. The molecule has 0 radical (unpaired) electrons. The van der Waals surface area contributed by atoms with Crippen LogP contribution in [0.3, 0.4) is 0 Å². The van der Waals surface area contributed by atoms with Crippen molar-refractivity contribution in [2.75, 3.05) is 66.2 Å². The van der Waals surface area contributed by atoms with Crippen LogP contribution in [0.1, 0.15) is 44.1 Å². The minimum atomic E-state index is 0.595. The van der Waals surface area contributed by atoms with E-state index in [4.69, 9.17) is 9.47 Å². The van der Waals surface area contributed by atoms with Gasteiger partial charge in [0.1, 0.15) is 0 Å². The average molecular weight is 445 g/mol. The lowest BCUT2D eigenvalue weighted by Crippen LogP contribution is -2.39. The van der Waals surface area contributed by atoms with Gasteiger partial charge in [-0.15, -0.1) is 0 Å². The van der Waals surface area contributed by atoms with Crippen LogP contribution in [0, 0.1) is 11.8 Å². The van der Waals surface area contributed by atoms with Gasteiger partial charge < -0.3 is 25.0 Å². The second-order valence-corrected chi connectivity index (χ2v) is 9.27. The number of ether oxygens (including phenoxy) is 2. The van der Waals surface area contributed by atoms with Gasteiger partial charge in [-0.05, 0) is 76.1 Å². The van der Waals surface area contributed by atoms with Crippen molar-refractivity contribution < 1.29 is 9.47 Å². The van der Waals surface area contributed by atoms with Crippen molar-refractivity contribution in [3.8, 4) is 0 Å². The maximum atomic E-state index is 5.76. The molecular formula is C26H44N4O2. The van der Waals surface area contributed by atoms with Crippen molar-refractivity contribution >= 4 is 5.96 Å². The minimum absolute atomic E-state index is 0.595. The first-order chi connectivity index (χ1) is 15.8. The molecule has 2 aliphatic heterocycles. The fraction of sp³-hybridized carbons (Fsp3) is 0.731. The van der Waals surface area contributed by atoms with Crippen molar-refractivity contribution in [3.05, 3.63) is 35.9 Å². The third-order valence-corrected chi connectivity index (χ3v) is 6.63. The molecule has 2 saturated heterocycles. The Balaban J connectivity index is 1.14. The summed E-state index contributed by atoms with van der Waals surface area (Å²) in [5.41, 5.74) is 1.49. The van der Waals surface area contributed by atoms with Gasteiger partial charge in [0.05, 0.1) is 13.2 Å². The van der Waals surface area contributed by atoms with Crippen LogP contribution in [0.5, 0.6) is 0 Å². The zero-order valence-electron chi connectivity index (χ0n) is 20.1. The minimum Gasteiger partial charge on any atom is -0.381 e. The number of unbranched alkanes of at least 4 members (excludes halogenated alkanes) is 1. The molecule has 1 unspecified atom stereocenters. The zero-order valence-corrected chi connectivity index (χ0v) is 20.1. The first kappa shape index (κ1) is 25.0. The van der Waals surface area contributed by atoms with Crippen molar-refractivity contribution in [2.45, 2.75) is 44.9 Å². The van der Waals surface area contributed by atoms with Gasteiger partial charge in [-0.2, -0.15) is 0 Å². The highest BCUT2D eigenvalue weighted by Gasteiger charge is 2.19. The van der Waals surface area contributed by atoms with E-state index >= 15 is 0 Å². The number of nitrogens with zero attached hydrogens (tertiary/aromatic N) is 2. The van der Waals surface area contributed by atoms with Gasteiger partial charge >= 0.3 is 0 Å². The number of likely N-dealkylation sites (tertiary alicyclic amines) is 1. The number of hydrogen-bond donors (Lipinski definition) is 2. The quantitative estimate of drug-likeness (QED) is 0.278. The van der Waals surface area contributed by atoms with E-state index in [1.54, 1.807) is 0 Å². The molecule has 0 aliphatic carbocycles. The van der Waals surface area contributed by atoms with E-state index < -0.39 is 0 Å². The Morgan fingerprint density at radius 1 is 1.03 bits per heavy atom. The Hall–Kier alpha value is -1.63. The highest BCUT2D eigenvalue weighted by atomic mass is 16.5. The molecule has 180 valence electrons. The molecule has 2 fully saturated rings. The first-order valence-electron chi connectivity index (χ1n) is 12.7. The number of nitrogens with one attached hydrogen (secondary N) is 2. The van der Waals surface area contributed by atoms with E-state index in [0.717, 1.165) is 64.2 Å². The number of guanidine groups is 1. The van der Waals surface area contributed by atoms with E-state index in [2.05, 4.69) is 50.9 Å². The topological polar surface area (TPSA) is 58.1 Å². The van der Waals surface area contributed by atoms with Crippen LogP contribution in [-0.4, -0.2) is 77.1 Å². The summed E-state index contributed by atoms with van der Waals surface area (Å²) in [6.07, 6.45) is 8.47. The van der Waals surface area contributed by atoms with E-state index in [1.165, 1.54) is 57.3 Å². The van der Waals surface area contributed by atoms with Crippen molar-refractivity contribution in [3.63, 3.8) is 0 Å². The van der Waals surface area contributed by atoms with Crippen LogP contribution in [0.4, 0.5) is 0 Å². The fourth-order valence-electron chi connectivity index (χ4n) is 4.60. The molecule has 1 aromatic carbocycles. The van der Waals surface area contributed by atoms with Crippen LogP contribution < -0.4 is 10.6 Å². The fourth-order valence-corrected chi connectivity index (χ4v) is 4.60. The molecule has 2 N–H and O–H groups in total. The summed E-state index contributed by atoms with van der Waals surface area (Å²) in [6, 6.07) is 11.0. The Kier molecular flexibility index (Phi) is 11.9. The Bertz CT molecular complexity index is 626. The molecule has 0 aromatic heterocycles. The summed E-state index contributed by atoms with van der Waals surface area (Å²) in [7, 11) is 1.84. The van der Waals surface area contributed by atoms with Crippen LogP contribution in [0.15, 0.2) is 35.3 Å². The lowest BCUT2D eigenvalue weighted by Gasteiger charge is -2.32. The maximum absolute atomic E-state index is 5.76. The summed E-state index contributed by atoms with van der Waals surface area (Å²) in [5, 5.41) is 6.83. The van der Waals surface area contributed by atoms with Gasteiger partial charge in [-0.1, -0.05) is 30.3 Å². The lowest BCUT2D eigenvalue weighted by atomic mass is 9.90. The van der Waals surface area contributed by atoms with Gasteiger partial charge in [0.15, 0.2) is 5.96 Å². The molecule has 0 amide bonds. The molecule has 1 aromatic rings. The van der Waals surface area contributed by atoms with Crippen molar-refractivity contribution in [1.29, 1.82) is 0 Å². The van der Waals surface area contributed by atoms with Crippen LogP contribution in [0.25, 0.3) is 0 Å². The van der Waals surface area contributed by atoms with E-state index in [0.29, 0.717) is 5.92 Å². The van der Waals surface area contributed by atoms with Crippen LogP contribution in [-0.2, 0) is 15.9 Å². The summed E-state index contributed by atoms with van der Waals surface area (Å²) >= 11 is 0. The largest absolute Gasteiger partial charge is 0.381 e. The molecule has 6 heteroatoms. The highest BCUT2D eigenvalue weighted by molar-refractivity contribution is 5.79. The smallest absolute Gasteiger partial charge is 0.190 e. The first-order valence-corrected chi connectivity index (χ1v) is 12.7. The van der Waals surface area contributed by atoms with E-state index in [-0.39, 0.29) is 0 Å². The number of hydrogen-bond acceptors (Lipinski definition) is 4. The van der Waals surface area contributed by atoms with E-state index in [9.17, 15) is 0 Å². The van der Waals surface area contributed by atoms with Gasteiger partial charge in [0.25, 0.3) is 0 Å². The predicted octanol–water partition coefficient (Wildman–Crippen LogP) is 3.33. The van der Waals surface area contributed by atoms with E-state index in [1.807, 2.05) is 7.05 Å². The summed E-state index contributed by atoms with van der Waals surface area (Å²) in [6.45, 7) is 8.97. The standard InChI is InChI=1S/C26H44N4O2/c1-27-26(29-14-7-18-31-21-25-12-19-32-22-25)28-13-5-6-15-30-16-10-24(11-17-30)20-23-8-3-2-4-9-23/h2-4,8-9,24-25H,5-7,10-22H2,1H3,(H2,27,28,29). The molecule has 2 aliphatic rings. The molecule has 6 nitrogen and oxygen atoms in total. The summed E-state index contributed by atoms with van der Waals surface area (Å²) < 4.78 is 11.1. The van der Waals surface area contributed by atoms with Crippen molar-refractivity contribution in [1.82, 2.24) is 15.5 Å². The third-order valence-electron chi connectivity index (χ3n) is 6.63. The molecule has 2 heterocycles. The van der Waals surface area contributed by atoms with Crippen LogP contribution in [0.2, 0.25) is 0 Å². The second kappa shape index (κ2) is 15.3. The number of aliphatic imine (C=N–C) groups is 1. The number of piperidine rings is 1. The summed E-state index contributed by atoms with van der Waals surface area (Å²) in [4.78, 5) is 6.97. The Morgan fingerprint density at radius 3 is 2.53 bits per heavy atom. The number of rotatable bonds is 13. The lowest BCUT2D eigenvalue weighted by molar-refractivity contribution is 0.0888. The normalized spacial score (nSPS) is 20.5. The molecular weight excluding hydrogens is 400 g/mol. The zero-order chi connectivity index (χ0) is 22.3. The van der Waals surface area contributed by atoms with Gasteiger partial charge in [0, 0.05) is 39.3 Å². The average Bonchev–Trinajstić information content (AvgIpc) is 3.35. The summed E-state index contributed by atoms with van der Waals surface area (Å²) in [5.74, 6) is 2.35. The SMILES string of the molecule is CN=C(NCCCCN1CCC(Cc2ccccc2)CC1)NCCCOCC1CCOC1. The molecule has 0 spiro atoms. The maximum Gasteiger partial charge on any atom is 0.190 e. The number of benzene rings is 1. The monoisotopic (exact) mass is 444 g/mol. The predicted molar refractivity (Wildman–Crippen MR) is 132 cm³/mol. The second-order valence-electron chi connectivity index (χ2n) is 9.27. The molecule has 32 heavy (non-hydrogen) atoms. The molecule has 3 rings (SSSR count).